The summed E-state index contributed by atoms with van der Waals surface area (Å²) in [5.41, 5.74) is 3.66. The van der Waals surface area contributed by atoms with Crippen LogP contribution in [0.2, 0.25) is 0 Å². The van der Waals surface area contributed by atoms with Gasteiger partial charge >= 0.3 is 0 Å². The van der Waals surface area contributed by atoms with Crippen molar-refractivity contribution in [3.8, 4) is 0 Å². The molecule has 6 aliphatic rings. The van der Waals surface area contributed by atoms with Crippen molar-refractivity contribution in [2.75, 3.05) is 13.1 Å². The Bertz CT molecular complexity index is 916. The predicted octanol–water partition coefficient (Wildman–Crippen LogP) is 3.09. The number of hydrogen-bond donors (Lipinski definition) is 1. The van der Waals surface area contributed by atoms with E-state index in [9.17, 15) is 9.90 Å². The lowest BCUT2D eigenvalue weighted by molar-refractivity contribution is 0.00135. The lowest BCUT2D eigenvalue weighted by atomic mass is 9.54. The minimum absolute atomic E-state index is 0.0237. The van der Waals surface area contributed by atoms with Crippen molar-refractivity contribution in [3.05, 3.63) is 35.5 Å². The highest BCUT2D eigenvalue weighted by molar-refractivity contribution is 6.00. The molecule has 3 saturated heterocycles. The Morgan fingerprint density at radius 1 is 1.28 bits per heavy atom. The van der Waals surface area contributed by atoms with E-state index in [-0.39, 0.29) is 11.3 Å². The summed E-state index contributed by atoms with van der Waals surface area (Å²) in [6.07, 6.45) is 3.22. The molecular weight excluding hydrogens is 312 g/mol. The first-order chi connectivity index (χ1) is 12.2. The zero-order valence-corrected chi connectivity index (χ0v) is 14.6. The van der Waals surface area contributed by atoms with E-state index < -0.39 is 6.10 Å². The summed E-state index contributed by atoms with van der Waals surface area (Å²) in [5, 5.41) is 12.0. The molecule has 1 N–H and O–H groups in total. The second-order valence-corrected chi connectivity index (χ2v) is 8.53. The molecule has 6 heterocycles. The number of benzene rings is 1. The Labute approximate surface area is 147 Å². The number of piperidine rings is 1. The SMILES string of the molecule is CC[C@@H]1[C@@H]2c3c4n(c5ccccc35)C(=O)[C@@H](O)C[C@@]43CCN2CC[C@@H]13. The standard InChI is InChI=1S/C21H24N2O2/c1-2-12-14-7-9-22-10-8-21(14)11-16(24)20(25)23-15-6-4-3-5-13(15)17(18(12)22)19(21)23/h3-6,12,14,16,18,24H,2,7-11H2,1H3/t12-,14-,16-,18+,21+/m0/s1. The smallest absolute Gasteiger partial charge is 0.260 e. The van der Waals surface area contributed by atoms with Crippen LogP contribution in [0.1, 0.15) is 54.7 Å². The maximum atomic E-state index is 13.0. The van der Waals surface area contributed by atoms with Crippen molar-refractivity contribution in [3.63, 3.8) is 0 Å². The fourth-order valence-corrected chi connectivity index (χ4v) is 7.03. The van der Waals surface area contributed by atoms with Crippen molar-refractivity contribution in [2.24, 2.45) is 11.8 Å². The Balaban J connectivity index is 1.81. The first-order valence-electron chi connectivity index (χ1n) is 9.77. The third kappa shape index (κ3) is 1.47. The molecule has 6 atom stereocenters. The van der Waals surface area contributed by atoms with Crippen molar-refractivity contribution in [1.29, 1.82) is 0 Å². The van der Waals surface area contributed by atoms with Crippen LogP contribution >= 0.6 is 0 Å². The number of fused-ring (bicyclic) bond motifs is 3. The van der Waals surface area contributed by atoms with Gasteiger partial charge in [0.2, 0.25) is 0 Å². The zero-order chi connectivity index (χ0) is 16.9. The lowest BCUT2D eigenvalue weighted by Crippen LogP contribution is -2.55. The van der Waals surface area contributed by atoms with Gasteiger partial charge in [0.05, 0.1) is 5.52 Å². The van der Waals surface area contributed by atoms with Gasteiger partial charge < -0.3 is 5.11 Å². The molecule has 0 amide bonds. The Morgan fingerprint density at radius 3 is 2.96 bits per heavy atom. The highest BCUT2D eigenvalue weighted by atomic mass is 16.3. The van der Waals surface area contributed by atoms with E-state index in [1.165, 1.54) is 29.5 Å². The van der Waals surface area contributed by atoms with E-state index in [0.29, 0.717) is 24.3 Å². The van der Waals surface area contributed by atoms with Crippen LogP contribution in [0.4, 0.5) is 0 Å². The summed E-state index contributed by atoms with van der Waals surface area (Å²) in [7, 11) is 0. The van der Waals surface area contributed by atoms with Crippen molar-refractivity contribution in [1.82, 2.24) is 9.47 Å². The van der Waals surface area contributed by atoms with Gasteiger partial charge in [-0.05, 0) is 55.8 Å². The molecule has 1 unspecified atom stereocenters. The Kier molecular flexibility index (Phi) is 2.64. The van der Waals surface area contributed by atoms with Crippen molar-refractivity contribution < 1.29 is 9.90 Å². The molecule has 5 aliphatic heterocycles. The van der Waals surface area contributed by atoms with Crippen LogP contribution in [-0.4, -0.2) is 39.7 Å². The van der Waals surface area contributed by atoms with Crippen molar-refractivity contribution in [2.45, 2.75) is 50.2 Å². The highest BCUT2D eigenvalue weighted by Gasteiger charge is 2.62. The lowest BCUT2D eigenvalue weighted by Gasteiger charge is -2.55. The molecule has 1 spiro atoms. The molecular formula is C21H24N2O2. The van der Waals surface area contributed by atoms with Crippen LogP contribution in [0.3, 0.4) is 0 Å². The van der Waals surface area contributed by atoms with Crippen LogP contribution < -0.4 is 0 Å². The number of hydrogen-bond acceptors (Lipinski definition) is 3. The van der Waals surface area contributed by atoms with Crippen LogP contribution in [0.5, 0.6) is 0 Å². The molecule has 4 heteroatoms. The number of aliphatic hydroxyl groups excluding tert-OH is 1. The molecule has 25 heavy (non-hydrogen) atoms. The summed E-state index contributed by atoms with van der Waals surface area (Å²) >= 11 is 0. The summed E-state index contributed by atoms with van der Waals surface area (Å²) in [6, 6.07) is 8.80. The van der Waals surface area contributed by atoms with E-state index in [1.807, 2.05) is 10.6 Å². The summed E-state index contributed by atoms with van der Waals surface area (Å²) in [5.74, 6) is 1.12. The van der Waals surface area contributed by atoms with Crippen LogP contribution in [-0.2, 0) is 5.41 Å². The topological polar surface area (TPSA) is 45.5 Å². The third-order valence-corrected chi connectivity index (χ3v) is 7.81. The second kappa shape index (κ2) is 4.54. The fraction of sp³-hybridized carbons (Fsp3) is 0.571. The quantitative estimate of drug-likeness (QED) is 0.870. The largest absolute Gasteiger partial charge is 0.383 e. The molecule has 1 aromatic carbocycles. The first kappa shape index (κ1) is 14.5. The van der Waals surface area contributed by atoms with E-state index in [1.54, 1.807) is 0 Å². The van der Waals surface area contributed by atoms with Crippen molar-refractivity contribution >= 4 is 16.8 Å². The monoisotopic (exact) mass is 336 g/mol. The maximum Gasteiger partial charge on any atom is 0.260 e. The number of carbonyl (C=O) groups is 1. The summed E-state index contributed by atoms with van der Waals surface area (Å²) in [4.78, 5) is 15.6. The van der Waals surface area contributed by atoms with E-state index in [0.717, 1.165) is 25.0 Å². The van der Waals surface area contributed by atoms with Gasteiger partial charge in [-0.1, -0.05) is 31.5 Å². The summed E-state index contributed by atoms with van der Waals surface area (Å²) in [6.45, 7) is 4.58. The van der Waals surface area contributed by atoms with Gasteiger partial charge in [0.1, 0.15) is 6.10 Å². The van der Waals surface area contributed by atoms with Gasteiger partial charge in [-0.2, -0.15) is 0 Å². The minimum Gasteiger partial charge on any atom is -0.383 e. The van der Waals surface area contributed by atoms with Gasteiger partial charge in [0, 0.05) is 22.5 Å². The summed E-state index contributed by atoms with van der Waals surface area (Å²) < 4.78 is 1.92. The molecule has 0 saturated carbocycles. The third-order valence-electron chi connectivity index (χ3n) is 7.81. The van der Waals surface area contributed by atoms with Gasteiger partial charge in [0.25, 0.3) is 5.91 Å². The molecule has 1 aromatic heterocycles. The number of aliphatic hydroxyl groups is 1. The maximum absolute atomic E-state index is 13.0. The predicted molar refractivity (Wildman–Crippen MR) is 95.7 cm³/mol. The number of nitrogens with zero attached hydrogens (tertiary/aromatic N) is 2. The minimum atomic E-state index is -0.864. The van der Waals surface area contributed by atoms with Crippen LogP contribution in [0.15, 0.2) is 24.3 Å². The molecule has 8 rings (SSSR count). The van der Waals surface area contributed by atoms with Gasteiger partial charge in [0.15, 0.2) is 0 Å². The molecule has 0 radical (unpaired) electrons. The van der Waals surface area contributed by atoms with E-state index in [4.69, 9.17) is 0 Å². The fourth-order valence-electron chi connectivity index (χ4n) is 7.03. The molecule has 4 bridgehead atoms. The normalized spacial score (nSPS) is 41.2. The zero-order valence-electron chi connectivity index (χ0n) is 14.6. The van der Waals surface area contributed by atoms with Crippen LogP contribution in [0.25, 0.3) is 10.9 Å². The molecule has 1 aliphatic carbocycles. The van der Waals surface area contributed by atoms with E-state index in [2.05, 4.69) is 30.0 Å². The Morgan fingerprint density at radius 2 is 2.12 bits per heavy atom. The Hall–Kier alpha value is -1.65. The number of carbonyl (C=O) groups excluding carboxylic acids is 1. The first-order valence-corrected chi connectivity index (χ1v) is 9.77. The van der Waals surface area contributed by atoms with E-state index >= 15 is 0 Å². The number of rotatable bonds is 1. The molecule has 130 valence electrons. The molecule has 2 aromatic rings. The average molecular weight is 336 g/mol. The molecule has 3 fully saturated rings. The second-order valence-electron chi connectivity index (χ2n) is 8.53. The van der Waals surface area contributed by atoms with Gasteiger partial charge in [-0.15, -0.1) is 0 Å². The van der Waals surface area contributed by atoms with Gasteiger partial charge in [-0.3, -0.25) is 14.3 Å². The van der Waals surface area contributed by atoms with Crippen LogP contribution in [0, 0.1) is 11.8 Å². The molecule has 4 nitrogen and oxygen atoms in total. The number of aromatic nitrogens is 1. The highest BCUT2D eigenvalue weighted by Crippen LogP contribution is 2.64. The average Bonchev–Trinajstić information content (AvgIpc) is 2.71. The number of para-hydroxylation sites is 1. The van der Waals surface area contributed by atoms with Gasteiger partial charge in [-0.25, -0.2) is 0 Å².